The van der Waals surface area contributed by atoms with Crippen molar-refractivity contribution in [3.05, 3.63) is 36.4 Å². The van der Waals surface area contributed by atoms with Gasteiger partial charge >= 0.3 is 0 Å². The first-order valence-electron chi connectivity index (χ1n) is 6.47. The van der Waals surface area contributed by atoms with Gasteiger partial charge < -0.3 is 10.3 Å². The van der Waals surface area contributed by atoms with E-state index in [1.807, 2.05) is 6.92 Å². The molecule has 2 aromatic heterocycles. The van der Waals surface area contributed by atoms with Gasteiger partial charge in [-0.1, -0.05) is 0 Å². The molecule has 0 unspecified atom stereocenters. The zero-order valence-corrected chi connectivity index (χ0v) is 12.8. The van der Waals surface area contributed by atoms with E-state index in [0.29, 0.717) is 22.7 Å². The zero-order chi connectivity index (χ0) is 15.7. The van der Waals surface area contributed by atoms with Gasteiger partial charge in [0.05, 0.1) is 4.90 Å². The van der Waals surface area contributed by atoms with Crippen LogP contribution in [0.5, 0.6) is 0 Å². The Hall–Kier alpha value is -2.52. The van der Waals surface area contributed by atoms with Crippen molar-refractivity contribution in [3.63, 3.8) is 0 Å². The molecule has 0 aliphatic heterocycles. The van der Waals surface area contributed by atoms with Crippen LogP contribution >= 0.6 is 0 Å². The molecule has 0 aliphatic rings. The second-order valence-electron chi connectivity index (χ2n) is 4.60. The monoisotopic (exact) mass is 318 g/mol. The molecular formula is C13H14N6O2S. The van der Waals surface area contributed by atoms with Crippen LogP contribution in [0, 0.1) is 6.92 Å². The first-order valence-corrected chi connectivity index (χ1v) is 7.96. The number of anilines is 2. The number of hydrogen-bond acceptors (Lipinski definition) is 6. The maximum Gasteiger partial charge on any atom is 0.240 e. The molecule has 0 amide bonds. The number of sulfonamides is 1. The Morgan fingerprint density at radius 2 is 1.86 bits per heavy atom. The highest BCUT2D eigenvalue weighted by Crippen LogP contribution is 2.22. The second kappa shape index (κ2) is 5.35. The fourth-order valence-corrected chi connectivity index (χ4v) is 2.74. The number of aryl methyl sites for hydroxylation is 1. The summed E-state index contributed by atoms with van der Waals surface area (Å²) in [4.78, 5) is 15.8. The minimum atomic E-state index is -3.44. The first-order chi connectivity index (χ1) is 10.5. The number of rotatable bonds is 4. The van der Waals surface area contributed by atoms with E-state index in [2.05, 4.69) is 30.0 Å². The minimum Gasteiger partial charge on any atom is -0.338 e. The number of fused-ring (bicyclic) bond motifs is 1. The van der Waals surface area contributed by atoms with Crippen molar-refractivity contribution >= 4 is 32.7 Å². The Morgan fingerprint density at radius 3 is 2.55 bits per heavy atom. The lowest BCUT2D eigenvalue weighted by Gasteiger charge is -2.07. The number of aromatic nitrogens is 4. The first kappa shape index (κ1) is 14.4. The van der Waals surface area contributed by atoms with Crippen molar-refractivity contribution in [2.75, 3.05) is 12.4 Å². The maximum absolute atomic E-state index is 11.7. The van der Waals surface area contributed by atoms with Crippen molar-refractivity contribution in [2.45, 2.75) is 11.8 Å². The van der Waals surface area contributed by atoms with Gasteiger partial charge in [-0.05, 0) is 38.2 Å². The molecule has 0 atom stereocenters. The van der Waals surface area contributed by atoms with Gasteiger partial charge in [0, 0.05) is 5.69 Å². The van der Waals surface area contributed by atoms with E-state index in [-0.39, 0.29) is 4.90 Å². The Kier molecular flexibility index (Phi) is 3.51. The van der Waals surface area contributed by atoms with Gasteiger partial charge in [0.15, 0.2) is 11.5 Å². The number of benzene rings is 1. The normalized spacial score (nSPS) is 11.7. The van der Waals surface area contributed by atoms with Crippen molar-refractivity contribution in [1.82, 2.24) is 24.7 Å². The molecule has 0 saturated carbocycles. The summed E-state index contributed by atoms with van der Waals surface area (Å²) in [5, 5.41) is 3.12. The number of H-pyrrole nitrogens is 1. The van der Waals surface area contributed by atoms with Crippen LogP contribution in [0.3, 0.4) is 0 Å². The molecule has 9 heteroatoms. The highest BCUT2D eigenvalue weighted by Gasteiger charge is 2.11. The van der Waals surface area contributed by atoms with Crippen molar-refractivity contribution in [2.24, 2.45) is 0 Å². The fourth-order valence-electron chi connectivity index (χ4n) is 2.01. The van der Waals surface area contributed by atoms with Crippen molar-refractivity contribution in [1.29, 1.82) is 0 Å². The van der Waals surface area contributed by atoms with Gasteiger partial charge in [0.1, 0.15) is 17.7 Å². The van der Waals surface area contributed by atoms with Crippen LogP contribution in [0.1, 0.15) is 5.82 Å². The molecule has 0 spiro atoms. The summed E-state index contributed by atoms with van der Waals surface area (Å²) in [6.07, 6.45) is 1.42. The molecule has 22 heavy (non-hydrogen) atoms. The van der Waals surface area contributed by atoms with Crippen LogP contribution in [-0.4, -0.2) is 35.4 Å². The predicted molar refractivity (Wildman–Crippen MR) is 82.4 cm³/mol. The highest BCUT2D eigenvalue weighted by atomic mass is 32.2. The molecule has 3 aromatic rings. The van der Waals surface area contributed by atoms with Gasteiger partial charge in [0.2, 0.25) is 10.0 Å². The number of aromatic amines is 1. The summed E-state index contributed by atoms with van der Waals surface area (Å²) >= 11 is 0. The molecule has 0 radical (unpaired) electrons. The smallest absolute Gasteiger partial charge is 0.240 e. The number of nitrogens with zero attached hydrogens (tertiary/aromatic N) is 3. The molecule has 0 fully saturated rings. The third-order valence-electron chi connectivity index (χ3n) is 3.10. The summed E-state index contributed by atoms with van der Waals surface area (Å²) in [5.74, 6) is 1.32. The van der Waals surface area contributed by atoms with Gasteiger partial charge in [0.25, 0.3) is 0 Å². The van der Waals surface area contributed by atoms with E-state index in [9.17, 15) is 8.42 Å². The van der Waals surface area contributed by atoms with E-state index in [0.717, 1.165) is 5.82 Å². The Bertz CT molecular complexity index is 917. The molecule has 3 rings (SSSR count). The second-order valence-corrected chi connectivity index (χ2v) is 6.49. The molecule has 0 bridgehead atoms. The van der Waals surface area contributed by atoms with Gasteiger partial charge in [-0.25, -0.2) is 28.1 Å². The molecule has 1 aromatic carbocycles. The van der Waals surface area contributed by atoms with E-state index in [1.54, 1.807) is 12.1 Å². The lowest BCUT2D eigenvalue weighted by atomic mass is 10.3. The number of imidazole rings is 1. The van der Waals surface area contributed by atoms with E-state index in [1.165, 1.54) is 25.5 Å². The number of nitrogens with one attached hydrogen (secondary N) is 3. The lowest BCUT2D eigenvalue weighted by molar-refractivity contribution is 0.588. The minimum absolute atomic E-state index is 0.200. The molecule has 0 aliphatic carbocycles. The molecule has 114 valence electrons. The summed E-state index contributed by atoms with van der Waals surface area (Å²) < 4.78 is 25.6. The van der Waals surface area contributed by atoms with E-state index in [4.69, 9.17) is 0 Å². The number of hydrogen-bond donors (Lipinski definition) is 3. The van der Waals surface area contributed by atoms with Gasteiger partial charge in [-0.3, -0.25) is 0 Å². The third-order valence-corrected chi connectivity index (χ3v) is 4.53. The third kappa shape index (κ3) is 2.63. The van der Waals surface area contributed by atoms with Crippen LogP contribution in [0.15, 0.2) is 35.5 Å². The van der Waals surface area contributed by atoms with Gasteiger partial charge in [-0.2, -0.15) is 0 Å². The fraction of sp³-hybridized carbons (Fsp3) is 0.154. The maximum atomic E-state index is 11.7. The average Bonchev–Trinajstić information content (AvgIpc) is 2.89. The van der Waals surface area contributed by atoms with Crippen LogP contribution < -0.4 is 10.0 Å². The summed E-state index contributed by atoms with van der Waals surface area (Å²) in [7, 11) is -2.06. The Labute approximate surface area is 127 Å². The quantitative estimate of drug-likeness (QED) is 0.668. The Balaban J connectivity index is 1.92. The summed E-state index contributed by atoms with van der Waals surface area (Å²) in [6, 6.07) is 6.37. The summed E-state index contributed by atoms with van der Waals surface area (Å²) in [5.41, 5.74) is 1.98. The van der Waals surface area contributed by atoms with Crippen LogP contribution in [0.2, 0.25) is 0 Å². The SMILES string of the molecule is CNS(=O)(=O)c1ccc(Nc2ncnc3nc(C)[nH]c23)cc1. The predicted octanol–water partition coefficient (Wildman–Crippen LogP) is 1.31. The van der Waals surface area contributed by atoms with Crippen molar-refractivity contribution in [3.8, 4) is 0 Å². The van der Waals surface area contributed by atoms with Crippen molar-refractivity contribution < 1.29 is 8.42 Å². The van der Waals surface area contributed by atoms with E-state index >= 15 is 0 Å². The molecule has 8 nitrogen and oxygen atoms in total. The van der Waals surface area contributed by atoms with Gasteiger partial charge in [-0.15, -0.1) is 0 Å². The largest absolute Gasteiger partial charge is 0.338 e. The zero-order valence-electron chi connectivity index (χ0n) is 12.0. The summed E-state index contributed by atoms with van der Waals surface area (Å²) in [6.45, 7) is 1.84. The topological polar surface area (TPSA) is 113 Å². The van der Waals surface area contributed by atoms with Crippen LogP contribution in [-0.2, 0) is 10.0 Å². The van der Waals surface area contributed by atoms with Crippen LogP contribution in [0.25, 0.3) is 11.2 Å². The molecule has 3 N–H and O–H groups in total. The molecular weight excluding hydrogens is 304 g/mol. The van der Waals surface area contributed by atoms with E-state index < -0.39 is 10.0 Å². The average molecular weight is 318 g/mol. The molecule has 2 heterocycles. The lowest BCUT2D eigenvalue weighted by Crippen LogP contribution is -2.18. The molecule has 0 saturated heterocycles. The standard InChI is InChI=1S/C13H14N6O2S/c1-8-17-11-12(18-8)15-7-16-13(11)19-9-3-5-10(6-4-9)22(20,21)14-2/h3-7,14H,1-2H3,(H2,15,16,17,18,19). The Morgan fingerprint density at radius 1 is 1.14 bits per heavy atom. The highest BCUT2D eigenvalue weighted by molar-refractivity contribution is 7.89. The van der Waals surface area contributed by atoms with Crippen LogP contribution in [0.4, 0.5) is 11.5 Å².